The second kappa shape index (κ2) is 6.37. The zero-order valence-electron chi connectivity index (χ0n) is 13.3. The average molecular weight is 308 g/mol. The van der Waals surface area contributed by atoms with Crippen LogP contribution in [0.1, 0.15) is 50.5 Å². The number of nitrogens with one attached hydrogen (secondary N) is 2. The van der Waals surface area contributed by atoms with E-state index < -0.39 is 11.2 Å². The number of amides is 1. The molecule has 0 unspecified atom stereocenters. The lowest BCUT2D eigenvalue weighted by molar-refractivity contribution is 0.0625. The van der Waals surface area contributed by atoms with E-state index in [4.69, 9.17) is 5.73 Å². The van der Waals surface area contributed by atoms with Crippen LogP contribution >= 0.6 is 0 Å². The van der Waals surface area contributed by atoms with Gasteiger partial charge in [0.25, 0.3) is 11.5 Å². The van der Waals surface area contributed by atoms with Crippen LogP contribution in [0.15, 0.2) is 9.59 Å². The number of carbonyl (C=O) groups is 1. The third-order valence-electron chi connectivity index (χ3n) is 4.44. The van der Waals surface area contributed by atoms with Gasteiger partial charge >= 0.3 is 5.69 Å². The van der Waals surface area contributed by atoms with Crippen LogP contribution in [0.2, 0.25) is 0 Å². The number of nitrogens with two attached hydrogens (primary N) is 1. The third-order valence-corrected chi connectivity index (χ3v) is 4.44. The summed E-state index contributed by atoms with van der Waals surface area (Å²) in [7, 11) is 0. The molecule has 4 N–H and O–H groups in total. The van der Waals surface area contributed by atoms with E-state index in [1.54, 1.807) is 4.90 Å². The lowest BCUT2D eigenvalue weighted by Crippen LogP contribution is -2.44. The van der Waals surface area contributed by atoms with Gasteiger partial charge in [0.1, 0.15) is 11.4 Å². The molecule has 1 amide bonds. The largest absolute Gasteiger partial charge is 0.392 e. The molecular weight excluding hydrogens is 284 g/mol. The maximum absolute atomic E-state index is 12.8. The number of H-pyrrole nitrogens is 2. The van der Waals surface area contributed by atoms with Gasteiger partial charge in [-0.15, -0.1) is 0 Å². The molecule has 2 atom stereocenters. The van der Waals surface area contributed by atoms with Gasteiger partial charge in [-0.1, -0.05) is 20.8 Å². The Morgan fingerprint density at radius 1 is 1.23 bits per heavy atom. The molecule has 0 bridgehead atoms. The van der Waals surface area contributed by atoms with Crippen molar-refractivity contribution in [3.63, 3.8) is 0 Å². The summed E-state index contributed by atoms with van der Waals surface area (Å²) < 4.78 is 0. The summed E-state index contributed by atoms with van der Waals surface area (Å²) in [4.78, 5) is 42.0. The van der Waals surface area contributed by atoms with Gasteiger partial charge < -0.3 is 15.6 Å². The molecule has 7 heteroatoms. The van der Waals surface area contributed by atoms with E-state index in [1.165, 1.54) is 0 Å². The van der Waals surface area contributed by atoms with Crippen LogP contribution in [0.5, 0.6) is 0 Å². The van der Waals surface area contributed by atoms with Crippen molar-refractivity contribution in [2.24, 2.45) is 11.8 Å². The smallest absolute Gasteiger partial charge is 0.326 e. The first kappa shape index (κ1) is 16.3. The zero-order valence-corrected chi connectivity index (χ0v) is 13.3. The maximum atomic E-state index is 12.8. The van der Waals surface area contributed by atoms with Gasteiger partial charge in [0.2, 0.25) is 0 Å². The Labute approximate surface area is 128 Å². The summed E-state index contributed by atoms with van der Waals surface area (Å²) >= 11 is 0. The predicted molar refractivity (Wildman–Crippen MR) is 84.8 cm³/mol. The Balaban J connectivity index is 2.41. The fourth-order valence-electron chi connectivity index (χ4n) is 3.03. The Hall–Kier alpha value is -2.05. The number of anilines is 1. The van der Waals surface area contributed by atoms with Crippen molar-refractivity contribution in [2.75, 3.05) is 12.3 Å². The van der Waals surface area contributed by atoms with Gasteiger partial charge in [-0.05, 0) is 31.1 Å². The number of nitrogen functional groups attached to an aromatic ring is 1. The number of nitrogens with zero attached hydrogens (tertiary/aromatic N) is 1. The topological polar surface area (TPSA) is 112 Å². The maximum Gasteiger partial charge on any atom is 0.326 e. The van der Waals surface area contributed by atoms with Gasteiger partial charge in [0.05, 0.1) is 0 Å². The molecule has 122 valence electrons. The Morgan fingerprint density at radius 3 is 2.55 bits per heavy atom. The highest BCUT2D eigenvalue weighted by Gasteiger charge is 2.31. The summed E-state index contributed by atoms with van der Waals surface area (Å²) in [6, 6.07) is 0.0830. The third kappa shape index (κ3) is 3.23. The van der Waals surface area contributed by atoms with Gasteiger partial charge in [-0.3, -0.25) is 14.6 Å². The number of carbonyl (C=O) groups excluding carboxylic acids is 1. The van der Waals surface area contributed by atoms with Crippen molar-refractivity contribution in [3.05, 3.63) is 26.5 Å². The highest BCUT2D eigenvalue weighted by molar-refractivity contribution is 5.97. The van der Waals surface area contributed by atoms with Crippen LogP contribution in [0.4, 0.5) is 5.69 Å². The number of hydrogen-bond donors (Lipinski definition) is 3. The van der Waals surface area contributed by atoms with Crippen LogP contribution in [0, 0.1) is 11.8 Å². The van der Waals surface area contributed by atoms with Crippen LogP contribution in [0.3, 0.4) is 0 Å². The molecule has 7 nitrogen and oxygen atoms in total. The first-order valence-electron chi connectivity index (χ1n) is 7.74. The Kier molecular flexibility index (Phi) is 4.73. The quantitative estimate of drug-likeness (QED) is 0.754. The molecular formula is C15H24N4O3. The van der Waals surface area contributed by atoms with E-state index >= 15 is 0 Å². The van der Waals surface area contributed by atoms with Gasteiger partial charge in [0, 0.05) is 12.6 Å². The number of aromatic nitrogens is 2. The molecule has 22 heavy (non-hydrogen) atoms. The van der Waals surface area contributed by atoms with Crippen molar-refractivity contribution in [1.29, 1.82) is 0 Å². The van der Waals surface area contributed by atoms with Crippen molar-refractivity contribution < 1.29 is 4.79 Å². The molecule has 0 aliphatic carbocycles. The van der Waals surface area contributed by atoms with Crippen molar-refractivity contribution in [3.8, 4) is 0 Å². The number of rotatable bonds is 2. The minimum atomic E-state index is -0.726. The Bertz CT molecular complexity index is 661. The molecule has 0 radical (unpaired) electrons. The molecule has 1 saturated heterocycles. The first-order chi connectivity index (χ1) is 10.3. The average Bonchev–Trinajstić information content (AvgIpc) is 2.64. The fraction of sp³-hybridized carbons (Fsp3) is 0.667. The summed E-state index contributed by atoms with van der Waals surface area (Å²) in [6.45, 7) is 6.93. The number of aromatic amines is 2. The summed E-state index contributed by atoms with van der Waals surface area (Å²) in [5, 5.41) is 0. The van der Waals surface area contributed by atoms with Gasteiger partial charge in [-0.25, -0.2) is 4.79 Å². The van der Waals surface area contributed by atoms with Crippen LogP contribution in [-0.4, -0.2) is 33.4 Å². The van der Waals surface area contributed by atoms with Crippen LogP contribution in [-0.2, 0) is 0 Å². The van der Waals surface area contributed by atoms with Crippen LogP contribution in [0.25, 0.3) is 0 Å². The summed E-state index contributed by atoms with van der Waals surface area (Å²) in [6.07, 6.45) is 2.88. The highest BCUT2D eigenvalue weighted by Crippen LogP contribution is 2.27. The molecule has 0 aromatic carbocycles. The highest BCUT2D eigenvalue weighted by atomic mass is 16.2. The second-order valence-electron chi connectivity index (χ2n) is 6.48. The lowest BCUT2D eigenvalue weighted by Gasteiger charge is -2.33. The first-order valence-corrected chi connectivity index (χ1v) is 7.74. The molecule has 0 saturated carbocycles. The van der Waals surface area contributed by atoms with E-state index in [0.717, 1.165) is 19.3 Å². The lowest BCUT2D eigenvalue weighted by atomic mass is 9.95. The minimum Gasteiger partial charge on any atom is -0.392 e. The molecule has 0 spiro atoms. The molecule has 1 aliphatic heterocycles. The van der Waals surface area contributed by atoms with E-state index in [-0.39, 0.29) is 23.3 Å². The predicted octanol–water partition coefficient (Wildman–Crippen LogP) is 0.932. The van der Waals surface area contributed by atoms with Gasteiger partial charge in [-0.2, -0.15) is 0 Å². The fourth-order valence-corrected chi connectivity index (χ4v) is 3.03. The van der Waals surface area contributed by atoms with Crippen molar-refractivity contribution in [1.82, 2.24) is 14.9 Å². The van der Waals surface area contributed by atoms with E-state index in [1.807, 2.05) is 4.98 Å². The molecule has 1 fully saturated rings. The molecule has 1 aromatic rings. The Morgan fingerprint density at radius 2 is 1.91 bits per heavy atom. The second-order valence-corrected chi connectivity index (χ2v) is 6.48. The zero-order chi connectivity index (χ0) is 16.4. The van der Waals surface area contributed by atoms with Crippen LogP contribution < -0.4 is 17.0 Å². The molecule has 2 rings (SSSR count). The van der Waals surface area contributed by atoms with Gasteiger partial charge in [0.15, 0.2) is 0 Å². The summed E-state index contributed by atoms with van der Waals surface area (Å²) in [5.74, 6) is 0.479. The molecule has 2 heterocycles. The standard InChI is InChI=1S/C15H24N4O3/c1-8(2)10-5-4-9(3)6-7-19(10)14(21)12-11(16)13(20)18-15(22)17-12/h8-10H,4-7,16H2,1-3H3,(H2,17,18,20,22)/t9-,10+/m1/s1. The number of likely N-dealkylation sites (tertiary alicyclic amines) is 1. The monoisotopic (exact) mass is 308 g/mol. The van der Waals surface area contributed by atoms with E-state index in [9.17, 15) is 14.4 Å². The minimum absolute atomic E-state index is 0.0830. The normalized spacial score (nSPS) is 22.6. The molecule has 1 aromatic heterocycles. The molecule has 1 aliphatic rings. The van der Waals surface area contributed by atoms with E-state index in [0.29, 0.717) is 18.4 Å². The van der Waals surface area contributed by atoms with E-state index in [2.05, 4.69) is 25.8 Å². The summed E-state index contributed by atoms with van der Waals surface area (Å²) in [5.41, 5.74) is 3.91. The SMILES string of the molecule is CC(C)[C@@H]1CC[C@@H](C)CCN1C(=O)c1[nH]c(=O)[nH]c(=O)c1N. The van der Waals surface area contributed by atoms with Crippen molar-refractivity contribution in [2.45, 2.75) is 46.1 Å². The number of hydrogen-bond acceptors (Lipinski definition) is 4. The van der Waals surface area contributed by atoms with Crippen molar-refractivity contribution >= 4 is 11.6 Å².